The summed E-state index contributed by atoms with van der Waals surface area (Å²) in [5.41, 5.74) is 2.22. The fraction of sp³-hybridized carbons (Fsp3) is 0.368. The van der Waals surface area contributed by atoms with Gasteiger partial charge in [-0.2, -0.15) is 4.31 Å². The van der Waals surface area contributed by atoms with E-state index in [1.807, 2.05) is 13.0 Å². The second-order valence-corrected chi connectivity index (χ2v) is 8.46. The molecule has 8 nitrogen and oxygen atoms in total. The first-order valence-electron chi connectivity index (χ1n) is 8.77. The molecular formula is C19H25N3O5S. The lowest BCUT2D eigenvalue weighted by molar-refractivity contribution is -0.116. The molecule has 0 aliphatic carbocycles. The number of nitrogens with zero attached hydrogens (tertiary/aromatic N) is 1. The first-order chi connectivity index (χ1) is 13.1. The maximum Gasteiger partial charge on any atom is 0.341 e. The van der Waals surface area contributed by atoms with Crippen molar-refractivity contribution in [3.05, 3.63) is 46.8 Å². The fourth-order valence-electron chi connectivity index (χ4n) is 2.90. The quantitative estimate of drug-likeness (QED) is 0.685. The van der Waals surface area contributed by atoms with Crippen molar-refractivity contribution in [2.24, 2.45) is 0 Å². The number of aryl methyl sites for hydroxylation is 3. The Bertz CT molecular complexity index is 995. The van der Waals surface area contributed by atoms with Crippen LogP contribution in [0, 0.1) is 20.8 Å². The number of hydrogen-bond donors (Lipinski definition) is 2. The van der Waals surface area contributed by atoms with E-state index in [1.165, 1.54) is 7.05 Å². The maximum atomic E-state index is 13.1. The number of aromatic nitrogens is 1. The van der Waals surface area contributed by atoms with Gasteiger partial charge in [0, 0.05) is 24.1 Å². The predicted molar refractivity (Wildman–Crippen MR) is 106 cm³/mol. The Morgan fingerprint density at radius 2 is 1.86 bits per heavy atom. The topological polar surface area (TPSA) is 109 Å². The second-order valence-electron chi connectivity index (χ2n) is 6.48. The van der Waals surface area contributed by atoms with E-state index in [-0.39, 0.29) is 17.1 Å². The number of rotatable bonds is 7. The summed E-state index contributed by atoms with van der Waals surface area (Å²) in [6.45, 7) is 6.41. The van der Waals surface area contributed by atoms with Gasteiger partial charge in [0.25, 0.3) is 0 Å². The van der Waals surface area contributed by atoms with Crippen molar-refractivity contribution in [3.8, 4) is 0 Å². The van der Waals surface area contributed by atoms with Crippen LogP contribution in [-0.2, 0) is 19.6 Å². The van der Waals surface area contributed by atoms with Gasteiger partial charge in [-0.1, -0.05) is 12.1 Å². The molecule has 2 N–H and O–H groups in total. The van der Waals surface area contributed by atoms with Gasteiger partial charge in [0.2, 0.25) is 15.9 Å². The molecule has 1 heterocycles. The smallest absolute Gasteiger partial charge is 0.341 e. The summed E-state index contributed by atoms with van der Waals surface area (Å²) in [6.07, 6.45) is 0. The lowest BCUT2D eigenvalue weighted by atomic mass is 10.2. The number of hydrogen-bond acceptors (Lipinski definition) is 5. The number of amides is 1. The summed E-state index contributed by atoms with van der Waals surface area (Å²) >= 11 is 0. The summed E-state index contributed by atoms with van der Waals surface area (Å²) in [5.74, 6) is -1.21. The average Bonchev–Trinajstić information content (AvgIpc) is 2.89. The van der Waals surface area contributed by atoms with E-state index in [2.05, 4.69) is 10.3 Å². The number of benzene rings is 1. The summed E-state index contributed by atoms with van der Waals surface area (Å²) in [5, 5.41) is 2.67. The van der Waals surface area contributed by atoms with Crippen LogP contribution in [0.2, 0.25) is 0 Å². The van der Waals surface area contributed by atoms with Crippen molar-refractivity contribution >= 4 is 27.6 Å². The number of anilines is 1. The van der Waals surface area contributed by atoms with Crippen molar-refractivity contribution in [1.82, 2.24) is 9.29 Å². The molecule has 0 atom stereocenters. The van der Waals surface area contributed by atoms with Crippen LogP contribution in [0.3, 0.4) is 0 Å². The molecule has 0 bridgehead atoms. The summed E-state index contributed by atoms with van der Waals surface area (Å²) in [7, 11) is -2.80. The lowest BCUT2D eigenvalue weighted by Crippen LogP contribution is -2.35. The van der Waals surface area contributed by atoms with E-state index in [0.29, 0.717) is 17.1 Å². The van der Waals surface area contributed by atoms with Crippen LogP contribution in [0.5, 0.6) is 0 Å². The maximum absolute atomic E-state index is 13.1. The zero-order chi connectivity index (χ0) is 21.1. The van der Waals surface area contributed by atoms with Gasteiger partial charge in [-0.05, 0) is 45.4 Å². The standard InChI is InChI=1S/C19H25N3O5S/c1-6-27-19(24)17-13(3)20-14(4)18(17)28(25,26)22(5)11-16(23)21-15-9-7-8-12(2)10-15/h7-10,20H,6,11H2,1-5H3,(H,21,23). The Kier molecular flexibility index (Phi) is 6.63. The summed E-state index contributed by atoms with van der Waals surface area (Å²) < 4.78 is 32.0. The number of carbonyl (C=O) groups is 2. The first-order valence-corrected chi connectivity index (χ1v) is 10.2. The monoisotopic (exact) mass is 407 g/mol. The third-order valence-electron chi connectivity index (χ3n) is 4.13. The van der Waals surface area contributed by atoms with E-state index < -0.39 is 28.4 Å². The van der Waals surface area contributed by atoms with Crippen molar-refractivity contribution < 1.29 is 22.7 Å². The summed E-state index contributed by atoms with van der Waals surface area (Å²) in [4.78, 5) is 27.3. The van der Waals surface area contributed by atoms with Gasteiger partial charge in [-0.15, -0.1) is 0 Å². The second kappa shape index (κ2) is 8.57. The Morgan fingerprint density at radius 1 is 1.18 bits per heavy atom. The highest BCUT2D eigenvalue weighted by Crippen LogP contribution is 2.27. The van der Waals surface area contributed by atoms with Crippen LogP contribution in [0.25, 0.3) is 0 Å². The molecule has 0 radical (unpaired) electrons. The molecule has 1 aromatic carbocycles. The molecule has 2 aromatic rings. The minimum absolute atomic E-state index is 0.0368. The number of esters is 1. The molecule has 152 valence electrons. The van der Waals surface area contributed by atoms with Gasteiger partial charge in [-0.25, -0.2) is 13.2 Å². The van der Waals surface area contributed by atoms with Gasteiger partial charge in [-0.3, -0.25) is 4.79 Å². The van der Waals surface area contributed by atoms with Crippen LogP contribution in [0.4, 0.5) is 5.69 Å². The van der Waals surface area contributed by atoms with Crippen molar-refractivity contribution in [2.45, 2.75) is 32.6 Å². The molecule has 28 heavy (non-hydrogen) atoms. The number of sulfonamides is 1. The van der Waals surface area contributed by atoms with E-state index in [9.17, 15) is 18.0 Å². The highest BCUT2D eigenvalue weighted by Gasteiger charge is 2.33. The Labute approximate surface area is 164 Å². The molecule has 0 aliphatic rings. The van der Waals surface area contributed by atoms with Gasteiger partial charge in [0.05, 0.1) is 13.2 Å². The van der Waals surface area contributed by atoms with Gasteiger partial charge in [0.15, 0.2) is 0 Å². The molecule has 0 fully saturated rings. The molecular weight excluding hydrogens is 382 g/mol. The van der Waals surface area contributed by atoms with Gasteiger partial charge >= 0.3 is 5.97 Å². The molecule has 0 unspecified atom stereocenters. The van der Waals surface area contributed by atoms with Crippen LogP contribution in [0.15, 0.2) is 29.2 Å². The highest BCUT2D eigenvalue weighted by atomic mass is 32.2. The average molecular weight is 407 g/mol. The van der Waals surface area contributed by atoms with E-state index in [0.717, 1.165) is 9.87 Å². The lowest BCUT2D eigenvalue weighted by Gasteiger charge is -2.18. The fourth-order valence-corrected chi connectivity index (χ4v) is 4.43. The minimum Gasteiger partial charge on any atom is -0.462 e. The largest absolute Gasteiger partial charge is 0.462 e. The van der Waals surface area contributed by atoms with E-state index >= 15 is 0 Å². The minimum atomic E-state index is -4.10. The third kappa shape index (κ3) is 4.60. The zero-order valence-electron chi connectivity index (χ0n) is 16.6. The third-order valence-corrected chi connectivity index (χ3v) is 6.11. The number of ether oxygens (including phenoxy) is 1. The molecule has 0 aliphatic heterocycles. The van der Waals surface area contributed by atoms with Crippen LogP contribution in [-0.4, -0.2) is 49.8 Å². The van der Waals surface area contributed by atoms with E-state index in [4.69, 9.17) is 4.74 Å². The molecule has 1 aromatic heterocycles. The highest BCUT2D eigenvalue weighted by molar-refractivity contribution is 7.89. The molecule has 0 spiro atoms. The van der Waals surface area contributed by atoms with Gasteiger partial charge in [0.1, 0.15) is 10.5 Å². The molecule has 0 saturated carbocycles. The molecule has 9 heteroatoms. The SMILES string of the molecule is CCOC(=O)c1c(C)[nH]c(C)c1S(=O)(=O)N(C)CC(=O)Nc1cccc(C)c1. The van der Waals surface area contributed by atoms with Crippen molar-refractivity contribution in [1.29, 1.82) is 0 Å². The van der Waals surface area contributed by atoms with Crippen LogP contribution < -0.4 is 5.32 Å². The number of H-pyrrole nitrogens is 1. The Morgan fingerprint density at radius 3 is 2.46 bits per heavy atom. The zero-order valence-corrected chi connectivity index (χ0v) is 17.4. The Hall–Kier alpha value is -2.65. The van der Waals surface area contributed by atoms with Crippen molar-refractivity contribution in [3.63, 3.8) is 0 Å². The number of nitrogens with one attached hydrogen (secondary N) is 2. The first kappa shape index (κ1) is 21.6. The number of aromatic amines is 1. The molecule has 2 rings (SSSR count). The molecule has 1 amide bonds. The number of likely N-dealkylation sites (N-methyl/N-ethyl adjacent to an activating group) is 1. The van der Waals surface area contributed by atoms with Gasteiger partial charge < -0.3 is 15.0 Å². The van der Waals surface area contributed by atoms with Crippen LogP contribution >= 0.6 is 0 Å². The van der Waals surface area contributed by atoms with Crippen molar-refractivity contribution in [2.75, 3.05) is 25.5 Å². The summed E-state index contributed by atoms with van der Waals surface area (Å²) in [6, 6.07) is 7.19. The van der Waals surface area contributed by atoms with E-state index in [1.54, 1.807) is 39.0 Å². The van der Waals surface area contributed by atoms with Crippen LogP contribution in [0.1, 0.15) is 34.2 Å². The molecule has 0 saturated heterocycles. The predicted octanol–water partition coefficient (Wildman–Crippen LogP) is 2.38. The Balaban J connectivity index is 2.27. The number of carbonyl (C=O) groups excluding carboxylic acids is 2. The normalized spacial score (nSPS) is 11.5.